The van der Waals surface area contributed by atoms with Gasteiger partial charge in [-0.15, -0.1) is 0 Å². The van der Waals surface area contributed by atoms with Crippen LogP contribution in [0.4, 0.5) is 14.6 Å². The quantitative estimate of drug-likeness (QED) is 0.410. The number of anilines is 1. The molecule has 152 valence electrons. The van der Waals surface area contributed by atoms with E-state index in [-0.39, 0.29) is 26.6 Å². The Morgan fingerprint density at radius 1 is 1.24 bits per heavy atom. The highest BCUT2D eigenvalue weighted by Crippen LogP contribution is 2.34. The smallest absolute Gasteiger partial charge is 0.273 e. The van der Waals surface area contributed by atoms with E-state index in [2.05, 4.69) is 31.0 Å². The number of rotatable bonds is 2. The first kappa shape index (κ1) is 20.0. The molecule has 3 heterocycles. The van der Waals surface area contributed by atoms with Crippen LogP contribution in [0.25, 0.3) is 10.9 Å². The summed E-state index contributed by atoms with van der Waals surface area (Å²) < 4.78 is 30.2. The van der Waals surface area contributed by atoms with Crippen LogP contribution in [0.3, 0.4) is 0 Å². The van der Waals surface area contributed by atoms with Crippen molar-refractivity contribution in [3.8, 4) is 0 Å². The van der Waals surface area contributed by atoms with Crippen LogP contribution in [0.1, 0.15) is 22.6 Å². The minimum absolute atomic E-state index is 0.0606. The maximum absolute atomic E-state index is 14.6. The van der Waals surface area contributed by atoms with E-state index in [0.29, 0.717) is 37.6 Å². The predicted octanol–water partition coefficient (Wildman–Crippen LogP) is 3.63. The average Bonchev–Trinajstić information content (AvgIpc) is 2.97. The molecule has 2 aromatic heterocycles. The van der Waals surface area contributed by atoms with E-state index in [1.165, 1.54) is 11.0 Å². The Morgan fingerprint density at radius 2 is 2.00 bits per heavy atom. The van der Waals surface area contributed by atoms with Gasteiger partial charge in [0.2, 0.25) is 5.28 Å². The van der Waals surface area contributed by atoms with Crippen LogP contribution in [0.15, 0.2) is 16.6 Å². The molecule has 0 aliphatic carbocycles. The Morgan fingerprint density at radius 3 is 2.72 bits per heavy atom. The van der Waals surface area contributed by atoms with Crippen LogP contribution in [0.2, 0.25) is 5.28 Å². The van der Waals surface area contributed by atoms with Crippen molar-refractivity contribution < 1.29 is 13.6 Å². The number of hydrogen-bond acceptors (Lipinski definition) is 5. The lowest BCUT2D eigenvalue weighted by Crippen LogP contribution is -2.24. The summed E-state index contributed by atoms with van der Waals surface area (Å²) in [6, 6.07) is 2.92. The number of fused-ring (bicyclic) bond motifs is 2. The molecular formula is C18H16BrClF2N6O. The summed E-state index contributed by atoms with van der Waals surface area (Å²) in [4.78, 5) is 23.7. The van der Waals surface area contributed by atoms with Crippen LogP contribution in [-0.2, 0) is 13.1 Å². The van der Waals surface area contributed by atoms with Gasteiger partial charge in [0, 0.05) is 32.6 Å². The lowest BCUT2D eigenvalue weighted by molar-refractivity contribution is 0.0821. The van der Waals surface area contributed by atoms with Gasteiger partial charge in [0.25, 0.3) is 5.91 Å². The molecule has 0 fully saturated rings. The van der Waals surface area contributed by atoms with Crippen molar-refractivity contribution in [2.24, 2.45) is 0 Å². The van der Waals surface area contributed by atoms with Crippen LogP contribution in [0.5, 0.6) is 0 Å². The SMILES string of the molecule is CN(C)C(=O)c1cc2n(n1)CCCN(c1nc(Cl)nc3c(F)c(Br)c(F)cc13)C2. The van der Waals surface area contributed by atoms with Crippen LogP contribution in [0, 0.1) is 11.6 Å². The van der Waals surface area contributed by atoms with E-state index in [9.17, 15) is 13.6 Å². The molecule has 7 nitrogen and oxygen atoms in total. The monoisotopic (exact) mass is 484 g/mol. The van der Waals surface area contributed by atoms with E-state index in [1.807, 2.05) is 4.90 Å². The second-order valence-electron chi connectivity index (χ2n) is 6.92. The number of aromatic nitrogens is 4. The highest BCUT2D eigenvalue weighted by atomic mass is 79.9. The molecule has 11 heteroatoms. The molecule has 0 bridgehead atoms. The first-order valence-electron chi connectivity index (χ1n) is 8.80. The summed E-state index contributed by atoms with van der Waals surface area (Å²) in [5, 5.41) is 4.49. The zero-order valence-corrected chi connectivity index (χ0v) is 17.9. The summed E-state index contributed by atoms with van der Waals surface area (Å²) >= 11 is 8.93. The number of amides is 1. The van der Waals surface area contributed by atoms with Gasteiger partial charge in [0.1, 0.15) is 17.2 Å². The zero-order chi connectivity index (χ0) is 20.9. The Labute approximate surface area is 178 Å². The normalized spacial score (nSPS) is 14.1. The molecule has 0 saturated carbocycles. The van der Waals surface area contributed by atoms with Gasteiger partial charge in [0.05, 0.1) is 16.7 Å². The van der Waals surface area contributed by atoms with Crippen molar-refractivity contribution in [3.63, 3.8) is 0 Å². The summed E-state index contributed by atoms with van der Waals surface area (Å²) in [6.07, 6.45) is 0.703. The first-order valence-corrected chi connectivity index (χ1v) is 9.97. The molecule has 0 spiro atoms. The maximum atomic E-state index is 14.6. The van der Waals surface area contributed by atoms with Gasteiger partial charge in [-0.3, -0.25) is 9.48 Å². The molecule has 1 amide bonds. The van der Waals surface area contributed by atoms with E-state index >= 15 is 0 Å². The molecule has 0 atom stereocenters. The fourth-order valence-electron chi connectivity index (χ4n) is 3.35. The molecule has 1 aliphatic rings. The molecule has 0 saturated heterocycles. The van der Waals surface area contributed by atoms with Gasteiger partial charge in [-0.25, -0.2) is 13.8 Å². The van der Waals surface area contributed by atoms with E-state index < -0.39 is 11.6 Å². The molecule has 4 rings (SSSR count). The average molecular weight is 486 g/mol. The Hall–Kier alpha value is -2.33. The summed E-state index contributed by atoms with van der Waals surface area (Å²) in [7, 11) is 3.32. The number of carbonyl (C=O) groups is 1. The topological polar surface area (TPSA) is 67.2 Å². The number of halogens is 4. The van der Waals surface area contributed by atoms with Gasteiger partial charge in [-0.1, -0.05) is 0 Å². The third-order valence-electron chi connectivity index (χ3n) is 4.72. The second kappa shape index (κ2) is 7.49. The third-order valence-corrected chi connectivity index (χ3v) is 5.61. The van der Waals surface area contributed by atoms with E-state index in [1.54, 1.807) is 24.8 Å². The van der Waals surface area contributed by atoms with Crippen molar-refractivity contribution in [2.75, 3.05) is 25.5 Å². The van der Waals surface area contributed by atoms with E-state index in [0.717, 1.165) is 5.69 Å². The predicted molar refractivity (Wildman–Crippen MR) is 108 cm³/mol. The van der Waals surface area contributed by atoms with Gasteiger partial charge in [-0.2, -0.15) is 10.1 Å². The Bertz CT molecular complexity index is 1140. The molecular weight excluding hydrogens is 470 g/mol. The molecule has 0 unspecified atom stereocenters. The molecule has 0 radical (unpaired) electrons. The third kappa shape index (κ3) is 3.55. The minimum Gasteiger partial charge on any atom is -0.350 e. The second-order valence-corrected chi connectivity index (χ2v) is 8.05. The van der Waals surface area contributed by atoms with E-state index in [4.69, 9.17) is 11.6 Å². The fourth-order valence-corrected chi connectivity index (χ4v) is 3.81. The van der Waals surface area contributed by atoms with Crippen molar-refractivity contribution >= 4 is 50.2 Å². The van der Waals surface area contributed by atoms with Gasteiger partial charge in [0.15, 0.2) is 11.5 Å². The number of nitrogens with zero attached hydrogens (tertiary/aromatic N) is 6. The number of benzene rings is 1. The standard InChI is InChI=1S/C18H16BrClF2N6O/c1-26(2)17(29)12-6-9-8-27(4-3-5-28(9)25-12)16-10-7-11(21)13(19)14(22)15(10)23-18(20)24-16/h6-7H,3-5,8H2,1-2H3. The summed E-state index contributed by atoms with van der Waals surface area (Å²) in [5.74, 6) is -1.44. The number of aryl methyl sites for hydroxylation is 1. The molecule has 0 N–H and O–H groups in total. The fraction of sp³-hybridized carbons (Fsp3) is 0.333. The van der Waals surface area contributed by atoms with Gasteiger partial charge >= 0.3 is 0 Å². The highest BCUT2D eigenvalue weighted by Gasteiger charge is 2.24. The van der Waals surface area contributed by atoms with Crippen LogP contribution < -0.4 is 4.90 Å². The van der Waals surface area contributed by atoms with Gasteiger partial charge < -0.3 is 9.80 Å². The summed E-state index contributed by atoms with van der Waals surface area (Å²) in [5.41, 5.74) is 1.08. The molecule has 1 aliphatic heterocycles. The number of hydrogen-bond donors (Lipinski definition) is 0. The van der Waals surface area contributed by atoms with Crippen molar-refractivity contribution in [3.05, 3.63) is 44.9 Å². The molecule has 3 aromatic rings. The lowest BCUT2D eigenvalue weighted by atomic mass is 10.2. The Kier molecular flexibility index (Phi) is 5.16. The molecule has 29 heavy (non-hydrogen) atoms. The zero-order valence-electron chi connectivity index (χ0n) is 15.6. The Balaban J connectivity index is 1.80. The summed E-state index contributed by atoms with van der Waals surface area (Å²) in [6.45, 7) is 1.54. The highest BCUT2D eigenvalue weighted by molar-refractivity contribution is 9.10. The number of carbonyl (C=O) groups excluding carboxylic acids is 1. The van der Waals surface area contributed by atoms with Crippen molar-refractivity contribution in [2.45, 2.75) is 19.5 Å². The van der Waals surface area contributed by atoms with Crippen molar-refractivity contribution in [1.29, 1.82) is 0 Å². The molecule has 1 aromatic carbocycles. The van der Waals surface area contributed by atoms with Crippen LogP contribution >= 0.6 is 27.5 Å². The van der Waals surface area contributed by atoms with Crippen molar-refractivity contribution in [1.82, 2.24) is 24.6 Å². The maximum Gasteiger partial charge on any atom is 0.273 e. The first-order chi connectivity index (χ1) is 13.8. The van der Waals surface area contributed by atoms with Gasteiger partial charge in [-0.05, 0) is 46.1 Å². The van der Waals surface area contributed by atoms with Crippen LogP contribution in [-0.4, -0.2) is 51.2 Å². The minimum atomic E-state index is -0.829. The largest absolute Gasteiger partial charge is 0.350 e. The lowest BCUT2D eigenvalue weighted by Gasteiger charge is -2.23.